The quantitative estimate of drug-likeness (QED) is 0.811. The number of fused-ring (bicyclic) bond motifs is 1. The average Bonchev–Trinajstić information content (AvgIpc) is 2.55. The number of hydrogen-bond donors (Lipinski definition) is 1. The maximum Gasteiger partial charge on any atom is 0.0205 e. The topological polar surface area (TPSA) is 15.3 Å². The van der Waals surface area contributed by atoms with Crippen LogP contribution >= 0.6 is 0 Å². The molecule has 1 N–H and O–H groups in total. The Bertz CT molecular complexity index is 558. The molecule has 0 unspecified atom stereocenters. The van der Waals surface area contributed by atoms with Gasteiger partial charge in [0.1, 0.15) is 0 Å². The molecule has 112 valence electrons. The summed E-state index contributed by atoms with van der Waals surface area (Å²) in [7, 11) is 0. The lowest BCUT2D eigenvalue weighted by molar-refractivity contribution is 0.225. The summed E-state index contributed by atoms with van der Waals surface area (Å²) in [6.07, 6.45) is 5.47. The van der Waals surface area contributed by atoms with E-state index in [9.17, 15) is 0 Å². The fourth-order valence-corrected chi connectivity index (χ4v) is 3.19. The van der Waals surface area contributed by atoms with Crippen LogP contribution in [0.15, 0.2) is 42.5 Å². The van der Waals surface area contributed by atoms with Gasteiger partial charge in [0.2, 0.25) is 0 Å². The van der Waals surface area contributed by atoms with E-state index < -0.39 is 0 Å². The van der Waals surface area contributed by atoms with Crippen molar-refractivity contribution in [2.24, 2.45) is 0 Å². The number of nitrogens with zero attached hydrogens (tertiary/aromatic N) is 1. The molecule has 1 aliphatic heterocycles. The van der Waals surface area contributed by atoms with Gasteiger partial charge in [-0.2, -0.15) is 0 Å². The molecule has 2 nitrogen and oxygen atoms in total. The van der Waals surface area contributed by atoms with Crippen LogP contribution in [-0.4, -0.2) is 31.1 Å². The third-order valence-corrected chi connectivity index (χ3v) is 4.42. The molecule has 0 spiro atoms. The van der Waals surface area contributed by atoms with Gasteiger partial charge >= 0.3 is 0 Å². The summed E-state index contributed by atoms with van der Waals surface area (Å²) in [5.74, 6) is 0. The van der Waals surface area contributed by atoms with E-state index in [-0.39, 0.29) is 0 Å². The van der Waals surface area contributed by atoms with E-state index in [1.165, 1.54) is 61.7 Å². The van der Waals surface area contributed by atoms with Crippen molar-refractivity contribution in [2.75, 3.05) is 26.2 Å². The third kappa shape index (κ3) is 4.29. The maximum atomic E-state index is 3.58. The number of benzene rings is 2. The zero-order valence-electron chi connectivity index (χ0n) is 12.9. The van der Waals surface area contributed by atoms with Crippen LogP contribution < -0.4 is 5.32 Å². The zero-order valence-corrected chi connectivity index (χ0v) is 12.9. The Balaban J connectivity index is 1.39. The summed E-state index contributed by atoms with van der Waals surface area (Å²) < 4.78 is 0. The Hall–Kier alpha value is -1.38. The first-order chi connectivity index (χ1) is 10.4. The minimum Gasteiger partial charge on any atom is -0.313 e. The van der Waals surface area contributed by atoms with Gasteiger partial charge in [0, 0.05) is 6.54 Å². The van der Waals surface area contributed by atoms with Gasteiger partial charge in [0.05, 0.1) is 0 Å². The fraction of sp³-hybridized carbons (Fsp3) is 0.474. The second-order valence-corrected chi connectivity index (χ2v) is 6.11. The van der Waals surface area contributed by atoms with Crippen LogP contribution in [0.4, 0.5) is 0 Å². The smallest absolute Gasteiger partial charge is 0.0205 e. The Morgan fingerprint density at radius 2 is 1.71 bits per heavy atom. The molecular weight excluding hydrogens is 256 g/mol. The third-order valence-electron chi connectivity index (χ3n) is 4.42. The van der Waals surface area contributed by atoms with E-state index in [4.69, 9.17) is 0 Å². The van der Waals surface area contributed by atoms with Crippen molar-refractivity contribution in [1.82, 2.24) is 10.2 Å². The first kappa shape index (κ1) is 14.6. The van der Waals surface area contributed by atoms with Crippen molar-refractivity contribution in [3.63, 3.8) is 0 Å². The Morgan fingerprint density at radius 1 is 0.905 bits per heavy atom. The van der Waals surface area contributed by atoms with Crippen LogP contribution in [0.2, 0.25) is 0 Å². The van der Waals surface area contributed by atoms with Crippen LogP contribution in [0.5, 0.6) is 0 Å². The van der Waals surface area contributed by atoms with Crippen molar-refractivity contribution in [3.05, 3.63) is 48.0 Å². The lowest BCUT2D eigenvalue weighted by Crippen LogP contribution is -2.32. The Labute approximate surface area is 128 Å². The first-order valence-electron chi connectivity index (χ1n) is 8.32. The second-order valence-electron chi connectivity index (χ2n) is 6.11. The van der Waals surface area contributed by atoms with Gasteiger partial charge in [-0.15, -0.1) is 0 Å². The molecular formula is C19H26N2. The van der Waals surface area contributed by atoms with Crippen molar-refractivity contribution < 1.29 is 0 Å². The minimum atomic E-state index is 0.977. The largest absolute Gasteiger partial charge is 0.313 e. The molecule has 1 heterocycles. The van der Waals surface area contributed by atoms with E-state index >= 15 is 0 Å². The normalized spacial score (nSPS) is 16.4. The molecule has 0 amide bonds. The number of nitrogens with one attached hydrogen (secondary N) is 1. The van der Waals surface area contributed by atoms with Gasteiger partial charge in [-0.3, -0.25) is 0 Å². The summed E-state index contributed by atoms with van der Waals surface area (Å²) in [6.45, 7) is 5.97. The molecule has 2 heteroatoms. The summed E-state index contributed by atoms with van der Waals surface area (Å²) in [6, 6.07) is 15.3. The van der Waals surface area contributed by atoms with Crippen LogP contribution in [-0.2, 0) is 6.54 Å². The van der Waals surface area contributed by atoms with Gasteiger partial charge in [-0.05, 0) is 67.8 Å². The van der Waals surface area contributed by atoms with E-state index in [0.29, 0.717) is 0 Å². The number of rotatable bonds is 6. The monoisotopic (exact) mass is 282 g/mol. The highest BCUT2D eigenvalue weighted by Crippen LogP contribution is 2.15. The fourth-order valence-electron chi connectivity index (χ4n) is 3.19. The summed E-state index contributed by atoms with van der Waals surface area (Å²) in [4.78, 5) is 2.61. The average molecular weight is 282 g/mol. The van der Waals surface area contributed by atoms with E-state index in [2.05, 4.69) is 52.7 Å². The Kier molecular flexibility index (Phi) is 5.25. The maximum absolute atomic E-state index is 3.58. The lowest BCUT2D eigenvalue weighted by Gasteiger charge is -2.26. The van der Waals surface area contributed by atoms with Gasteiger partial charge < -0.3 is 10.2 Å². The van der Waals surface area contributed by atoms with Crippen LogP contribution in [0.1, 0.15) is 31.2 Å². The number of hydrogen-bond acceptors (Lipinski definition) is 2. The summed E-state index contributed by atoms with van der Waals surface area (Å²) in [5, 5.41) is 6.24. The SMILES string of the molecule is c1ccc2cc(CNCCCN3CCCCC3)ccc2c1. The molecule has 0 atom stereocenters. The molecule has 2 aromatic rings. The molecule has 0 radical (unpaired) electrons. The summed E-state index contributed by atoms with van der Waals surface area (Å²) in [5.41, 5.74) is 1.38. The molecule has 0 bridgehead atoms. The standard InChI is InChI=1S/C19H26N2/c1-4-12-21(13-5-1)14-6-11-20-16-17-9-10-18-7-2-3-8-19(18)15-17/h2-3,7-10,15,20H,1,4-6,11-14,16H2. The summed E-state index contributed by atoms with van der Waals surface area (Å²) >= 11 is 0. The molecule has 1 aliphatic rings. The highest BCUT2D eigenvalue weighted by atomic mass is 15.1. The predicted molar refractivity (Wildman–Crippen MR) is 90.6 cm³/mol. The molecule has 0 saturated carbocycles. The molecule has 0 aromatic heterocycles. The number of piperidine rings is 1. The van der Waals surface area contributed by atoms with E-state index in [1.54, 1.807) is 0 Å². The van der Waals surface area contributed by atoms with Gasteiger partial charge in [0.25, 0.3) is 0 Å². The highest BCUT2D eigenvalue weighted by Gasteiger charge is 2.08. The first-order valence-corrected chi connectivity index (χ1v) is 8.32. The van der Waals surface area contributed by atoms with Crippen molar-refractivity contribution in [1.29, 1.82) is 0 Å². The predicted octanol–water partition coefficient (Wildman–Crippen LogP) is 3.81. The minimum absolute atomic E-state index is 0.977. The van der Waals surface area contributed by atoms with Crippen LogP contribution in [0.25, 0.3) is 10.8 Å². The van der Waals surface area contributed by atoms with Gasteiger partial charge in [0.15, 0.2) is 0 Å². The zero-order chi connectivity index (χ0) is 14.3. The molecule has 21 heavy (non-hydrogen) atoms. The van der Waals surface area contributed by atoms with Crippen molar-refractivity contribution >= 4 is 10.8 Å². The molecule has 0 aliphatic carbocycles. The van der Waals surface area contributed by atoms with Crippen LogP contribution in [0, 0.1) is 0 Å². The second kappa shape index (κ2) is 7.58. The van der Waals surface area contributed by atoms with Crippen LogP contribution in [0.3, 0.4) is 0 Å². The van der Waals surface area contributed by atoms with Crippen molar-refractivity contribution in [2.45, 2.75) is 32.2 Å². The highest BCUT2D eigenvalue weighted by molar-refractivity contribution is 5.82. The van der Waals surface area contributed by atoms with Gasteiger partial charge in [-0.1, -0.05) is 42.8 Å². The van der Waals surface area contributed by atoms with Gasteiger partial charge in [-0.25, -0.2) is 0 Å². The number of likely N-dealkylation sites (tertiary alicyclic amines) is 1. The lowest BCUT2D eigenvalue weighted by atomic mass is 10.1. The van der Waals surface area contributed by atoms with Crippen molar-refractivity contribution in [3.8, 4) is 0 Å². The molecule has 3 rings (SSSR count). The molecule has 1 fully saturated rings. The molecule has 1 saturated heterocycles. The van der Waals surface area contributed by atoms with E-state index in [1.807, 2.05) is 0 Å². The Morgan fingerprint density at radius 3 is 2.57 bits per heavy atom. The van der Waals surface area contributed by atoms with E-state index in [0.717, 1.165) is 13.1 Å². The molecule has 2 aromatic carbocycles.